The Morgan fingerprint density at radius 1 is 0.951 bits per heavy atom. The number of nitrogens with zero attached hydrogens (tertiary/aromatic N) is 2. The topological polar surface area (TPSA) is 86.8 Å². The third-order valence-electron chi connectivity index (χ3n) is 7.08. The molecule has 2 amide bonds. The Kier molecular flexibility index (Phi) is 9.99. The highest BCUT2D eigenvalue weighted by Crippen LogP contribution is 2.24. The Balaban J connectivity index is 1.73. The average Bonchev–Trinajstić information content (AvgIpc) is 3.44. The lowest BCUT2D eigenvalue weighted by Gasteiger charge is -2.34. The van der Waals surface area contributed by atoms with Crippen molar-refractivity contribution in [3.63, 3.8) is 0 Å². The molecule has 7 nitrogen and oxygen atoms in total. The molecule has 0 bridgehead atoms. The summed E-state index contributed by atoms with van der Waals surface area (Å²) in [5, 5.41) is 3.51. The Labute approximate surface area is 244 Å². The number of carbonyl (C=O) groups excluding carboxylic acids is 2. The first-order valence-electron chi connectivity index (χ1n) is 13.3. The van der Waals surface area contributed by atoms with E-state index in [4.69, 9.17) is 11.6 Å². The number of halogens is 3. The quantitative estimate of drug-likeness (QED) is 0.331. The molecule has 1 aliphatic rings. The molecule has 11 heteroatoms. The smallest absolute Gasteiger partial charge is 0.244 e. The van der Waals surface area contributed by atoms with Crippen LogP contribution in [0.5, 0.6) is 0 Å². The van der Waals surface area contributed by atoms with E-state index in [0.717, 1.165) is 55.7 Å². The van der Waals surface area contributed by atoms with Crippen molar-refractivity contribution in [2.45, 2.75) is 50.7 Å². The van der Waals surface area contributed by atoms with Gasteiger partial charge in [-0.05, 0) is 48.2 Å². The molecule has 3 aromatic carbocycles. The first-order chi connectivity index (χ1) is 19.5. The van der Waals surface area contributed by atoms with Crippen LogP contribution in [-0.2, 0) is 32.6 Å². The lowest BCUT2D eigenvalue weighted by Crippen LogP contribution is -2.54. The fourth-order valence-electron chi connectivity index (χ4n) is 5.01. The zero-order valence-corrected chi connectivity index (χ0v) is 24.2. The van der Waals surface area contributed by atoms with Crippen molar-refractivity contribution >= 4 is 39.1 Å². The summed E-state index contributed by atoms with van der Waals surface area (Å²) < 4.78 is 53.9. The van der Waals surface area contributed by atoms with E-state index in [0.29, 0.717) is 14.9 Å². The van der Waals surface area contributed by atoms with Crippen LogP contribution in [0.25, 0.3) is 0 Å². The van der Waals surface area contributed by atoms with Gasteiger partial charge in [0.2, 0.25) is 21.8 Å². The molecule has 1 N–H and O–H groups in total. The van der Waals surface area contributed by atoms with Gasteiger partial charge in [0.15, 0.2) is 11.6 Å². The standard InChI is InChI=1S/C30H32ClF2N3O4S/c1-41(39,40)36(25-14-15-26(32)27(33)18-25)20-29(37)35(19-22-10-7-11-23(31)16-22)28(17-21-8-3-2-4-9-21)30(38)34-24-12-5-6-13-24/h2-4,7-11,14-16,18,24,28H,5-6,12-13,17,19-20H2,1H3,(H,34,38)/t28-/m1/s1. The lowest BCUT2D eigenvalue weighted by molar-refractivity contribution is -0.140. The predicted octanol–water partition coefficient (Wildman–Crippen LogP) is 5.08. The van der Waals surface area contributed by atoms with Crippen LogP contribution in [0, 0.1) is 11.6 Å². The van der Waals surface area contributed by atoms with Crippen LogP contribution in [0.3, 0.4) is 0 Å². The van der Waals surface area contributed by atoms with Crippen LogP contribution >= 0.6 is 11.6 Å². The zero-order chi connectivity index (χ0) is 29.6. The predicted molar refractivity (Wildman–Crippen MR) is 155 cm³/mol. The van der Waals surface area contributed by atoms with Gasteiger partial charge < -0.3 is 10.2 Å². The molecule has 0 aliphatic heterocycles. The minimum Gasteiger partial charge on any atom is -0.352 e. The van der Waals surface area contributed by atoms with Crippen LogP contribution in [0.1, 0.15) is 36.8 Å². The van der Waals surface area contributed by atoms with Gasteiger partial charge in [-0.3, -0.25) is 13.9 Å². The third kappa shape index (κ3) is 8.27. The number of amides is 2. The minimum atomic E-state index is -4.10. The summed E-state index contributed by atoms with van der Waals surface area (Å²) in [5.41, 5.74) is 1.23. The van der Waals surface area contributed by atoms with Gasteiger partial charge in [-0.2, -0.15) is 0 Å². The number of hydrogen-bond donors (Lipinski definition) is 1. The summed E-state index contributed by atoms with van der Waals surface area (Å²) in [6.45, 7) is -0.767. The molecule has 41 heavy (non-hydrogen) atoms. The summed E-state index contributed by atoms with van der Waals surface area (Å²) in [7, 11) is -4.10. The maximum atomic E-state index is 14.1. The number of sulfonamides is 1. The van der Waals surface area contributed by atoms with Crippen molar-refractivity contribution in [2.75, 3.05) is 17.1 Å². The van der Waals surface area contributed by atoms with Crippen molar-refractivity contribution in [3.8, 4) is 0 Å². The van der Waals surface area contributed by atoms with Crippen LogP contribution in [0.2, 0.25) is 5.02 Å². The molecule has 4 rings (SSSR count). The van der Waals surface area contributed by atoms with E-state index in [1.165, 1.54) is 4.90 Å². The monoisotopic (exact) mass is 603 g/mol. The maximum absolute atomic E-state index is 14.1. The first kappa shape index (κ1) is 30.5. The highest BCUT2D eigenvalue weighted by atomic mass is 35.5. The summed E-state index contributed by atoms with van der Waals surface area (Å²) in [5.74, 6) is -3.45. The van der Waals surface area contributed by atoms with Gasteiger partial charge in [-0.25, -0.2) is 17.2 Å². The molecule has 0 heterocycles. The van der Waals surface area contributed by atoms with Crippen LogP contribution in [0.15, 0.2) is 72.8 Å². The van der Waals surface area contributed by atoms with Gasteiger partial charge in [-0.1, -0.05) is 66.9 Å². The molecule has 218 valence electrons. The third-order valence-corrected chi connectivity index (χ3v) is 8.46. The molecule has 1 saturated carbocycles. The number of hydrogen-bond acceptors (Lipinski definition) is 4. The number of anilines is 1. The van der Waals surface area contributed by atoms with Crippen molar-refractivity contribution in [1.29, 1.82) is 0 Å². The molecule has 0 spiro atoms. The highest BCUT2D eigenvalue weighted by molar-refractivity contribution is 7.92. The van der Waals surface area contributed by atoms with Crippen molar-refractivity contribution in [3.05, 3.63) is 101 Å². The summed E-state index contributed by atoms with van der Waals surface area (Å²) in [4.78, 5) is 29.1. The van der Waals surface area contributed by atoms with E-state index in [-0.39, 0.29) is 30.6 Å². The van der Waals surface area contributed by atoms with E-state index in [2.05, 4.69) is 5.32 Å². The van der Waals surface area contributed by atoms with E-state index in [1.807, 2.05) is 30.3 Å². The van der Waals surface area contributed by atoms with Gasteiger partial charge in [0.1, 0.15) is 12.6 Å². The molecular formula is C30H32ClF2N3O4S. The normalized spacial score (nSPS) is 14.4. The largest absolute Gasteiger partial charge is 0.352 e. The molecule has 0 radical (unpaired) electrons. The van der Waals surface area contributed by atoms with Gasteiger partial charge in [-0.15, -0.1) is 0 Å². The molecule has 0 saturated heterocycles. The van der Waals surface area contributed by atoms with E-state index >= 15 is 0 Å². The van der Waals surface area contributed by atoms with Crippen LogP contribution in [0.4, 0.5) is 14.5 Å². The van der Waals surface area contributed by atoms with E-state index < -0.39 is 40.2 Å². The maximum Gasteiger partial charge on any atom is 0.244 e. The van der Waals surface area contributed by atoms with Crippen molar-refractivity contribution < 1.29 is 26.8 Å². The van der Waals surface area contributed by atoms with Gasteiger partial charge >= 0.3 is 0 Å². The molecule has 0 unspecified atom stereocenters. The minimum absolute atomic E-state index is 0.0152. The Hall–Kier alpha value is -3.50. The second-order valence-electron chi connectivity index (χ2n) is 10.2. The first-order valence-corrected chi connectivity index (χ1v) is 15.5. The molecule has 1 aliphatic carbocycles. The molecule has 3 aromatic rings. The summed E-state index contributed by atoms with van der Waals surface area (Å²) >= 11 is 6.21. The SMILES string of the molecule is CS(=O)(=O)N(CC(=O)N(Cc1cccc(Cl)c1)[C@H](Cc1ccccc1)C(=O)NC1CCCC1)c1ccc(F)c(F)c1. The number of benzene rings is 3. The molecular weight excluding hydrogens is 572 g/mol. The fraction of sp³-hybridized carbons (Fsp3) is 0.333. The Bertz CT molecular complexity index is 1480. The average molecular weight is 604 g/mol. The van der Waals surface area contributed by atoms with Gasteiger partial charge in [0.25, 0.3) is 0 Å². The second-order valence-corrected chi connectivity index (χ2v) is 12.6. The number of rotatable bonds is 11. The summed E-state index contributed by atoms with van der Waals surface area (Å²) in [6.07, 6.45) is 4.72. The second kappa shape index (κ2) is 13.4. The zero-order valence-electron chi connectivity index (χ0n) is 22.6. The van der Waals surface area contributed by atoms with E-state index in [1.54, 1.807) is 24.3 Å². The summed E-state index contributed by atoms with van der Waals surface area (Å²) in [6, 6.07) is 17.6. The number of nitrogens with one attached hydrogen (secondary N) is 1. The van der Waals surface area contributed by atoms with E-state index in [9.17, 15) is 26.8 Å². The fourth-order valence-corrected chi connectivity index (χ4v) is 6.06. The molecule has 0 aromatic heterocycles. The Morgan fingerprint density at radius 2 is 1.63 bits per heavy atom. The molecule has 1 fully saturated rings. The number of carbonyl (C=O) groups is 2. The van der Waals surface area contributed by atoms with Crippen LogP contribution < -0.4 is 9.62 Å². The van der Waals surface area contributed by atoms with Gasteiger partial charge in [0.05, 0.1) is 11.9 Å². The van der Waals surface area contributed by atoms with Crippen molar-refractivity contribution in [1.82, 2.24) is 10.2 Å². The highest BCUT2D eigenvalue weighted by Gasteiger charge is 2.34. The lowest BCUT2D eigenvalue weighted by atomic mass is 10.0. The van der Waals surface area contributed by atoms with Crippen molar-refractivity contribution in [2.24, 2.45) is 0 Å². The Morgan fingerprint density at radius 3 is 2.27 bits per heavy atom. The van der Waals surface area contributed by atoms with Gasteiger partial charge in [0, 0.05) is 30.1 Å². The molecule has 1 atom stereocenters. The van der Waals surface area contributed by atoms with Crippen LogP contribution in [-0.4, -0.2) is 50.0 Å².